The second kappa shape index (κ2) is 6.69. The molecule has 0 nitrogen and oxygen atoms in total. The summed E-state index contributed by atoms with van der Waals surface area (Å²) in [5.74, 6) is 0. The summed E-state index contributed by atoms with van der Waals surface area (Å²) in [7, 11) is 0. The molecule has 0 N–H and O–H groups in total. The molecule has 0 heterocycles. The van der Waals surface area contributed by atoms with Crippen molar-refractivity contribution >= 4 is 0 Å². The van der Waals surface area contributed by atoms with Crippen LogP contribution in [0, 0.1) is 0 Å². The van der Waals surface area contributed by atoms with E-state index in [4.69, 9.17) is 0 Å². The first-order valence-corrected chi connectivity index (χ1v) is 4.32. The lowest BCUT2D eigenvalue weighted by molar-refractivity contribution is 0.936. The van der Waals surface area contributed by atoms with Crippen molar-refractivity contribution in [3.63, 3.8) is 0 Å². The van der Waals surface area contributed by atoms with Crippen molar-refractivity contribution in [3.05, 3.63) is 42.2 Å². The standard InChI is InChI=1S/C12H18/c1-5-8-12(6-2)10-7-9-11(3)4/h5,9H,1-2,7-8,10H2,3-4H3. The van der Waals surface area contributed by atoms with Gasteiger partial charge in [-0.15, -0.1) is 12.3 Å². The van der Waals surface area contributed by atoms with Gasteiger partial charge < -0.3 is 0 Å². The summed E-state index contributed by atoms with van der Waals surface area (Å²) in [4.78, 5) is 0. The van der Waals surface area contributed by atoms with Gasteiger partial charge in [0.2, 0.25) is 0 Å². The van der Waals surface area contributed by atoms with Crippen LogP contribution in [0.25, 0.3) is 0 Å². The van der Waals surface area contributed by atoms with Crippen LogP contribution in [0.2, 0.25) is 0 Å². The minimum atomic E-state index is 0.917. The van der Waals surface area contributed by atoms with Crippen LogP contribution in [0.4, 0.5) is 0 Å². The van der Waals surface area contributed by atoms with E-state index in [0.717, 1.165) is 19.3 Å². The van der Waals surface area contributed by atoms with Gasteiger partial charge in [0.05, 0.1) is 0 Å². The second-order valence-electron chi connectivity index (χ2n) is 3.09. The summed E-state index contributed by atoms with van der Waals surface area (Å²) in [5, 5.41) is 0. The van der Waals surface area contributed by atoms with Gasteiger partial charge in [-0.05, 0) is 38.7 Å². The summed E-state index contributed by atoms with van der Waals surface area (Å²) >= 11 is 0. The molecule has 0 saturated carbocycles. The fraction of sp³-hybridized carbons (Fsp3) is 0.417. The van der Waals surface area contributed by atoms with Crippen LogP contribution in [0.3, 0.4) is 0 Å². The Bertz CT molecular complexity index is 208. The average Bonchev–Trinajstić information content (AvgIpc) is 2.02. The van der Waals surface area contributed by atoms with Gasteiger partial charge in [-0.2, -0.15) is 0 Å². The Labute approximate surface area is 76.0 Å². The quantitative estimate of drug-likeness (QED) is 0.423. The lowest BCUT2D eigenvalue weighted by atomic mass is 10.1. The molecular formula is C12H18. The summed E-state index contributed by atoms with van der Waals surface area (Å²) in [6.45, 7) is 11.6. The third-order valence-electron chi connectivity index (χ3n) is 1.64. The number of hydrogen-bond donors (Lipinski definition) is 0. The smallest absolute Gasteiger partial charge is 0.00653 e. The molecule has 0 fully saturated rings. The lowest BCUT2D eigenvalue weighted by Crippen LogP contribution is -1.79. The Morgan fingerprint density at radius 1 is 1.42 bits per heavy atom. The molecule has 0 aromatic rings. The minimum Gasteiger partial charge on any atom is -0.129 e. The molecule has 0 aromatic heterocycles. The third-order valence-corrected chi connectivity index (χ3v) is 1.64. The van der Waals surface area contributed by atoms with Crippen LogP contribution in [0.5, 0.6) is 0 Å². The van der Waals surface area contributed by atoms with Gasteiger partial charge in [-0.1, -0.05) is 24.3 Å². The Hall–Kier alpha value is -1.00. The Morgan fingerprint density at radius 3 is 2.50 bits per heavy atom. The molecule has 0 aliphatic rings. The minimum absolute atomic E-state index is 0.917. The van der Waals surface area contributed by atoms with E-state index in [2.05, 4.69) is 38.8 Å². The molecule has 0 atom stereocenters. The maximum atomic E-state index is 3.69. The fourth-order valence-electron chi connectivity index (χ4n) is 0.972. The summed E-state index contributed by atoms with van der Waals surface area (Å²) in [6, 6.07) is 0. The molecule has 0 saturated heterocycles. The van der Waals surface area contributed by atoms with E-state index >= 15 is 0 Å². The number of allylic oxidation sites excluding steroid dienone is 4. The van der Waals surface area contributed by atoms with Gasteiger partial charge in [0, 0.05) is 0 Å². The highest BCUT2D eigenvalue weighted by molar-refractivity contribution is 5.06. The van der Waals surface area contributed by atoms with Gasteiger partial charge in [0.25, 0.3) is 0 Å². The molecule has 12 heavy (non-hydrogen) atoms. The van der Waals surface area contributed by atoms with Crippen molar-refractivity contribution in [1.82, 2.24) is 0 Å². The number of rotatable bonds is 5. The first-order chi connectivity index (χ1) is 5.70. The SMILES string of the molecule is C=C=C(CC=C)CCC=C(C)C. The molecule has 0 radical (unpaired) electrons. The number of hydrogen-bond acceptors (Lipinski definition) is 0. The van der Waals surface area contributed by atoms with Gasteiger partial charge >= 0.3 is 0 Å². The van der Waals surface area contributed by atoms with Crippen LogP contribution in [-0.2, 0) is 0 Å². The monoisotopic (exact) mass is 162 g/mol. The normalized spacial score (nSPS) is 8.50. The molecule has 0 aromatic carbocycles. The average molecular weight is 162 g/mol. The van der Waals surface area contributed by atoms with Crippen molar-refractivity contribution in [2.75, 3.05) is 0 Å². The molecule has 0 aliphatic heterocycles. The molecule has 0 unspecified atom stereocenters. The Balaban J connectivity index is 3.82. The van der Waals surface area contributed by atoms with E-state index in [1.54, 1.807) is 0 Å². The first-order valence-electron chi connectivity index (χ1n) is 4.32. The summed E-state index contributed by atoms with van der Waals surface area (Å²) in [6.07, 6.45) is 7.20. The second-order valence-corrected chi connectivity index (χ2v) is 3.09. The first kappa shape index (κ1) is 11.0. The predicted octanol–water partition coefficient (Wildman–Crippen LogP) is 4.02. The van der Waals surface area contributed by atoms with E-state index in [9.17, 15) is 0 Å². The van der Waals surface area contributed by atoms with Gasteiger partial charge in [0.1, 0.15) is 0 Å². The zero-order chi connectivity index (χ0) is 9.40. The molecule has 0 aliphatic carbocycles. The maximum absolute atomic E-state index is 3.69. The van der Waals surface area contributed by atoms with Crippen LogP contribution in [-0.4, -0.2) is 0 Å². The van der Waals surface area contributed by atoms with Crippen LogP contribution < -0.4 is 0 Å². The highest BCUT2D eigenvalue weighted by Crippen LogP contribution is 2.09. The third kappa shape index (κ3) is 5.76. The molecule has 0 heteroatoms. The van der Waals surface area contributed by atoms with Crippen LogP contribution in [0.1, 0.15) is 33.1 Å². The van der Waals surface area contributed by atoms with Gasteiger partial charge in [-0.25, -0.2) is 0 Å². The van der Waals surface area contributed by atoms with E-state index < -0.39 is 0 Å². The zero-order valence-electron chi connectivity index (χ0n) is 8.19. The Kier molecular flexibility index (Phi) is 6.14. The van der Waals surface area contributed by atoms with Crippen molar-refractivity contribution in [1.29, 1.82) is 0 Å². The van der Waals surface area contributed by atoms with Crippen molar-refractivity contribution in [2.45, 2.75) is 33.1 Å². The molecule has 66 valence electrons. The largest absolute Gasteiger partial charge is 0.129 e. The molecule has 0 amide bonds. The predicted molar refractivity (Wildman–Crippen MR) is 56.1 cm³/mol. The van der Waals surface area contributed by atoms with E-state index in [0.29, 0.717) is 0 Å². The fourth-order valence-corrected chi connectivity index (χ4v) is 0.972. The highest BCUT2D eigenvalue weighted by atomic mass is 14.0. The van der Waals surface area contributed by atoms with Crippen molar-refractivity contribution < 1.29 is 0 Å². The Morgan fingerprint density at radius 2 is 2.08 bits per heavy atom. The van der Waals surface area contributed by atoms with Crippen LogP contribution >= 0.6 is 0 Å². The van der Waals surface area contributed by atoms with Gasteiger partial charge in [0.15, 0.2) is 0 Å². The van der Waals surface area contributed by atoms with E-state index in [1.165, 1.54) is 11.1 Å². The molecule has 0 rings (SSSR count). The molecular weight excluding hydrogens is 144 g/mol. The van der Waals surface area contributed by atoms with E-state index in [-0.39, 0.29) is 0 Å². The molecule has 0 bridgehead atoms. The van der Waals surface area contributed by atoms with Crippen molar-refractivity contribution in [2.24, 2.45) is 0 Å². The summed E-state index contributed by atoms with van der Waals surface area (Å²) < 4.78 is 0. The van der Waals surface area contributed by atoms with Gasteiger partial charge in [-0.3, -0.25) is 0 Å². The topological polar surface area (TPSA) is 0 Å². The highest BCUT2D eigenvalue weighted by Gasteiger charge is 1.91. The molecule has 0 spiro atoms. The zero-order valence-corrected chi connectivity index (χ0v) is 8.19. The van der Waals surface area contributed by atoms with E-state index in [1.807, 2.05) is 6.08 Å². The summed E-state index contributed by atoms with van der Waals surface area (Å²) in [5.41, 5.74) is 5.57. The van der Waals surface area contributed by atoms with Crippen LogP contribution in [0.15, 0.2) is 42.2 Å². The lowest BCUT2D eigenvalue weighted by Gasteiger charge is -1.98. The van der Waals surface area contributed by atoms with Crippen molar-refractivity contribution in [3.8, 4) is 0 Å². The maximum Gasteiger partial charge on any atom is -0.00653 e.